The molecule has 0 radical (unpaired) electrons. The van der Waals surface area contributed by atoms with Gasteiger partial charge in [0.05, 0.1) is 12.8 Å². The van der Waals surface area contributed by atoms with Crippen LogP contribution in [0.2, 0.25) is 0 Å². The Bertz CT molecular complexity index is 975. The Hall–Kier alpha value is -2.83. The van der Waals surface area contributed by atoms with E-state index in [-0.39, 0.29) is 0 Å². The standard InChI is InChI=1S/C24H27N3O2S/c1-28-21-10-9-18(16-22(21)29-17-19-6-3-2-4-7-19)8-5-13-27-14-11-20-23(12-15-27)30-24(25)26-20/h2-10,16H,11-15,17H2,1H3,(H2,25,26). The average molecular weight is 422 g/mol. The number of thiazole rings is 1. The molecule has 4 rings (SSSR count). The molecule has 1 aromatic heterocycles. The summed E-state index contributed by atoms with van der Waals surface area (Å²) in [7, 11) is 1.67. The summed E-state index contributed by atoms with van der Waals surface area (Å²) in [6, 6.07) is 16.2. The van der Waals surface area contributed by atoms with Crippen LogP contribution >= 0.6 is 11.3 Å². The highest BCUT2D eigenvalue weighted by atomic mass is 32.1. The second-order valence-electron chi connectivity index (χ2n) is 7.31. The molecule has 6 heteroatoms. The van der Waals surface area contributed by atoms with Gasteiger partial charge in [0.1, 0.15) is 6.61 Å². The van der Waals surface area contributed by atoms with E-state index < -0.39 is 0 Å². The number of nitrogens with zero attached hydrogens (tertiary/aromatic N) is 2. The summed E-state index contributed by atoms with van der Waals surface area (Å²) < 4.78 is 11.5. The summed E-state index contributed by atoms with van der Waals surface area (Å²) in [5.74, 6) is 1.50. The third-order valence-corrected chi connectivity index (χ3v) is 6.20. The zero-order valence-corrected chi connectivity index (χ0v) is 18.0. The van der Waals surface area contributed by atoms with Gasteiger partial charge in [0, 0.05) is 30.9 Å². The van der Waals surface area contributed by atoms with E-state index in [1.54, 1.807) is 18.4 Å². The number of rotatable bonds is 7. The summed E-state index contributed by atoms with van der Waals surface area (Å²) >= 11 is 1.63. The van der Waals surface area contributed by atoms with Gasteiger partial charge in [-0.15, -0.1) is 11.3 Å². The van der Waals surface area contributed by atoms with E-state index in [2.05, 4.69) is 40.2 Å². The lowest BCUT2D eigenvalue weighted by atomic mass is 10.2. The molecule has 0 saturated heterocycles. The first kappa shape index (κ1) is 20.4. The Kier molecular flexibility index (Phi) is 6.67. The van der Waals surface area contributed by atoms with Crippen LogP contribution < -0.4 is 15.2 Å². The summed E-state index contributed by atoms with van der Waals surface area (Å²) in [5.41, 5.74) is 9.25. The maximum atomic E-state index is 6.02. The molecule has 1 aliphatic rings. The van der Waals surface area contributed by atoms with Gasteiger partial charge in [-0.1, -0.05) is 48.6 Å². The smallest absolute Gasteiger partial charge is 0.180 e. The van der Waals surface area contributed by atoms with E-state index in [4.69, 9.17) is 15.2 Å². The fraction of sp³-hybridized carbons (Fsp3) is 0.292. The largest absolute Gasteiger partial charge is 0.493 e. The molecule has 2 heterocycles. The van der Waals surface area contributed by atoms with Gasteiger partial charge in [0.2, 0.25) is 0 Å². The fourth-order valence-corrected chi connectivity index (χ4v) is 4.46. The first-order valence-corrected chi connectivity index (χ1v) is 11.0. The molecule has 2 aromatic carbocycles. The van der Waals surface area contributed by atoms with Crippen molar-refractivity contribution >= 4 is 22.5 Å². The fourth-order valence-electron chi connectivity index (χ4n) is 3.59. The Labute approximate surface area is 181 Å². The number of benzene rings is 2. The normalized spacial score (nSPS) is 14.4. The van der Waals surface area contributed by atoms with Gasteiger partial charge in [0.15, 0.2) is 16.6 Å². The predicted octanol–water partition coefficient (Wildman–Crippen LogP) is 4.43. The van der Waals surface area contributed by atoms with E-state index >= 15 is 0 Å². The van der Waals surface area contributed by atoms with E-state index in [9.17, 15) is 0 Å². The van der Waals surface area contributed by atoms with Crippen molar-refractivity contribution in [3.63, 3.8) is 0 Å². The first-order chi connectivity index (χ1) is 14.7. The van der Waals surface area contributed by atoms with Crippen LogP contribution in [0.1, 0.15) is 21.7 Å². The quantitative estimate of drug-likeness (QED) is 0.612. The van der Waals surface area contributed by atoms with Gasteiger partial charge in [0.25, 0.3) is 0 Å². The molecule has 0 unspecified atom stereocenters. The van der Waals surface area contributed by atoms with Crippen LogP contribution in [-0.2, 0) is 19.4 Å². The molecular formula is C24H27N3O2S. The number of hydrogen-bond donors (Lipinski definition) is 1. The molecule has 0 atom stereocenters. The summed E-state index contributed by atoms with van der Waals surface area (Å²) in [5, 5.41) is 0.693. The van der Waals surface area contributed by atoms with E-state index in [0.29, 0.717) is 11.7 Å². The van der Waals surface area contributed by atoms with Crippen molar-refractivity contribution in [2.45, 2.75) is 19.4 Å². The predicted molar refractivity (Wildman–Crippen MR) is 123 cm³/mol. The van der Waals surface area contributed by atoms with Crippen LogP contribution in [0.5, 0.6) is 11.5 Å². The number of anilines is 1. The van der Waals surface area contributed by atoms with Crippen LogP contribution in [-0.4, -0.2) is 36.6 Å². The molecule has 0 saturated carbocycles. The molecule has 30 heavy (non-hydrogen) atoms. The molecule has 2 N–H and O–H groups in total. The van der Waals surface area contributed by atoms with E-state index in [1.807, 2.05) is 30.3 Å². The topological polar surface area (TPSA) is 60.6 Å². The summed E-state index contributed by atoms with van der Waals surface area (Å²) in [4.78, 5) is 8.26. The van der Waals surface area contributed by atoms with Crippen molar-refractivity contribution in [3.05, 3.63) is 76.3 Å². The Morgan fingerprint density at radius 1 is 1.10 bits per heavy atom. The van der Waals surface area contributed by atoms with Crippen molar-refractivity contribution in [2.24, 2.45) is 0 Å². The molecule has 0 aliphatic carbocycles. The monoisotopic (exact) mass is 421 g/mol. The van der Waals surface area contributed by atoms with Crippen molar-refractivity contribution in [1.29, 1.82) is 0 Å². The minimum atomic E-state index is 0.515. The molecule has 0 amide bonds. The zero-order chi connectivity index (χ0) is 20.8. The lowest BCUT2D eigenvalue weighted by molar-refractivity contribution is 0.284. The van der Waals surface area contributed by atoms with Gasteiger partial charge in [-0.3, -0.25) is 4.90 Å². The van der Waals surface area contributed by atoms with E-state index in [0.717, 1.165) is 55.1 Å². The Balaban J connectivity index is 1.35. The number of nitrogens with two attached hydrogens (primary N) is 1. The minimum absolute atomic E-state index is 0.515. The maximum Gasteiger partial charge on any atom is 0.180 e. The highest BCUT2D eigenvalue weighted by molar-refractivity contribution is 7.15. The summed E-state index contributed by atoms with van der Waals surface area (Å²) in [6.07, 6.45) is 6.35. The first-order valence-electron chi connectivity index (χ1n) is 10.2. The molecule has 0 fully saturated rings. The van der Waals surface area contributed by atoms with Gasteiger partial charge >= 0.3 is 0 Å². The maximum absolute atomic E-state index is 6.02. The van der Waals surface area contributed by atoms with Gasteiger partial charge in [-0.05, 0) is 29.7 Å². The Morgan fingerprint density at radius 2 is 1.93 bits per heavy atom. The van der Waals surface area contributed by atoms with Crippen LogP contribution in [0.15, 0.2) is 54.6 Å². The molecule has 3 aromatic rings. The molecule has 0 spiro atoms. The molecule has 156 valence electrons. The van der Waals surface area contributed by atoms with Crippen LogP contribution in [0.4, 0.5) is 5.13 Å². The zero-order valence-electron chi connectivity index (χ0n) is 17.2. The molecule has 5 nitrogen and oxygen atoms in total. The van der Waals surface area contributed by atoms with E-state index in [1.165, 1.54) is 10.6 Å². The third kappa shape index (κ3) is 5.20. The third-order valence-electron chi connectivity index (χ3n) is 5.21. The van der Waals surface area contributed by atoms with Crippen LogP contribution in [0.3, 0.4) is 0 Å². The van der Waals surface area contributed by atoms with Crippen molar-refractivity contribution < 1.29 is 9.47 Å². The minimum Gasteiger partial charge on any atom is -0.493 e. The van der Waals surface area contributed by atoms with Crippen LogP contribution in [0, 0.1) is 0 Å². The number of nitrogen functional groups attached to an aromatic ring is 1. The second kappa shape index (κ2) is 9.78. The molecular weight excluding hydrogens is 394 g/mol. The highest BCUT2D eigenvalue weighted by Crippen LogP contribution is 2.29. The number of aromatic nitrogens is 1. The lowest BCUT2D eigenvalue weighted by Crippen LogP contribution is -2.26. The van der Waals surface area contributed by atoms with Crippen molar-refractivity contribution in [2.75, 3.05) is 32.5 Å². The number of hydrogen-bond acceptors (Lipinski definition) is 6. The molecule has 0 bridgehead atoms. The van der Waals surface area contributed by atoms with Gasteiger partial charge in [-0.2, -0.15) is 0 Å². The molecule has 1 aliphatic heterocycles. The van der Waals surface area contributed by atoms with Gasteiger partial charge < -0.3 is 15.2 Å². The van der Waals surface area contributed by atoms with Gasteiger partial charge in [-0.25, -0.2) is 4.98 Å². The number of methoxy groups -OCH3 is 1. The van der Waals surface area contributed by atoms with Crippen molar-refractivity contribution in [3.8, 4) is 11.5 Å². The summed E-state index contributed by atoms with van der Waals surface area (Å²) in [6.45, 7) is 3.47. The second-order valence-corrected chi connectivity index (χ2v) is 8.42. The van der Waals surface area contributed by atoms with Crippen molar-refractivity contribution in [1.82, 2.24) is 9.88 Å². The SMILES string of the molecule is COc1ccc(C=CCN2CCc3nc(N)sc3CC2)cc1OCc1ccccc1. The Morgan fingerprint density at radius 3 is 2.77 bits per heavy atom. The number of fused-ring (bicyclic) bond motifs is 1. The lowest BCUT2D eigenvalue weighted by Gasteiger charge is -2.17. The highest BCUT2D eigenvalue weighted by Gasteiger charge is 2.16. The number of ether oxygens (including phenoxy) is 2. The van der Waals surface area contributed by atoms with Crippen LogP contribution in [0.25, 0.3) is 6.08 Å². The average Bonchev–Trinajstić information content (AvgIpc) is 3.03.